The van der Waals surface area contributed by atoms with Gasteiger partial charge in [-0.25, -0.2) is 9.59 Å². The molecule has 0 aromatic heterocycles. The van der Waals surface area contributed by atoms with E-state index < -0.39 is 101 Å². The molecule has 6 atom stereocenters. The fraction of sp³-hybridized carbons (Fsp3) is 0.610. The van der Waals surface area contributed by atoms with Gasteiger partial charge in [-0.1, -0.05) is 26.0 Å². The molecule has 0 aliphatic carbocycles. The van der Waals surface area contributed by atoms with Gasteiger partial charge in [0.25, 0.3) is 17.7 Å². The largest absolute Gasteiger partial charge is 0.444 e. The lowest BCUT2D eigenvalue weighted by atomic mass is 10.0. The van der Waals surface area contributed by atoms with Crippen LogP contribution in [0.5, 0.6) is 0 Å². The summed E-state index contributed by atoms with van der Waals surface area (Å²) in [5.74, 6) is -4.76. The maximum Gasteiger partial charge on any atom is 0.407 e. The molecule has 3 heterocycles. The van der Waals surface area contributed by atoms with E-state index in [9.17, 15) is 38.4 Å². The maximum absolute atomic E-state index is 13.9. The number of nitrogens with zero attached hydrogens (tertiary/aromatic N) is 1. The van der Waals surface area contributed by atoms with E-state index in [0.717, 1.165) is 10.5 Å². The molecule has 1 aromatic rings. The molecule has 3 aliphatic rings. The Labute approximate surface area is 355 Å². The molecule has 0 spiro atoms. The monoisotopic (exact) mass is 856 g/mol. The highest BCUT2D eigenvalue weighted by Gasteiger charge is 2.57. The van der Waals surface area contributed by atoms with Crippen molar-refractivity contribution in [3.05, 3.63) is 42.0 Å². The van der Waals surface area contributed by atoms with Crippen LogP contribution < -0.4 is 37.6 Å². The molecule has 1 unspecified atom stereocenters. The molecule has 3 aliphatic heterocycles. The van der Waals surface area contributed by atoms with Crippen LogP contribution in [-0.4, -0.2) is 120 Å². The van der Waals surface area contributed by atoms with Crippen molar-refractivity contribution in [3.63, 3.8) is 0 Å². The molecule has 336 valence electrons. The standard InChI is InChI=1S/C41H60N8O12/c1-23(2)30(48-36(55)32-31(33-37(58-32)60-41(6,7)59-33)47-27(50)12-8-9-22-49-28(51)17-18-29(49)52)35(54)46-26(11-10-20-43-38(42)56)34(53)45-25-15-13-24(14-16-25)19-21-44-39(57)61-40(3,4)5/h13-18,23,26,30-33,37H,8-12,19-22H2,1-7H3,(H,44,57)(H,45,53)(H,46,54)(H,47,50)(H,48,55)(H3,42,43,56)/t26?,30-,31-,32+,33-,37-/m1/s1. The lowest BCUT2D eigenvalue weighted by Gasteiger charge is -2.29. The summed E-state index contributed by atoms with van der Waals surface area (Å²) in [6.07, 6.45) is 0.268. The number of primary amides is 1. The average molecular weight is 857 g/mol. The summed E-state index contributed by atoms with van der Waals surface area (Å²) < 4.78 is 23.1. The van der Waals surface area contributed by atoms with Gasteiger partial charge in [0.1, 0.15) is 23.8 Å². The van der Waals surface area contributed by atoms with E-state index in [0.29, 0.717) is 31.5 Å². The fourth-order valence-electron chi connectivity index (χ4n) is 6.78. The zero-order chi connectivity index (χ0) is 45.1. The molecule has 20 nitrogen and oxygen atoms in total. The number of fused-ring (bicyclic) bond motifs is 1. The minimum atomic E-state index is -1.33. The van der Waals surface area contributed by atoms with Crippen LogP contribution in [0.15, 0.2) is 36.4 Å². The van der Waals surface area contributed by atoms with Crippen LogP contribution in [0, 0.1) is 5.92 Å². The number of hydrogen-bond donors (Lipinski definition) is 7. The molecule has 61 heavy (non-hydrogen) atoms. The summed E-state index contributed by atoms with van der Waals surface area (Å²) in [6, 6.07) is 2.92. The Morgan fingerprint density at radius 1 is 0.885 bits per heavy atom. The number of carbonyl (C=O) groups is 8. The van der Waals surface area contributed by atoms with Crippen molar-refractivity contribution in [2.24, 2.45) is 11.7 Å². The summed E-state index contributed by atoms with van der Waals surface area (Å²) in [5, 5.41) is 16.3. The van der Waals surface area contributed by atoms with Crippen molar-refractivity contribution in [2.75, 3.05) is 25.0 Å². The summed E-state index contributed by atoms with van der Waals surface area (Å²) in [4.78, 5) is 103. The number of carbonyl (C=O) groups excluding carboxylic acids is 8. The van der Waals surface area contributed by atoms with Gasteiger partial charge in [0.05, 0.1) is 6.04 Å². The Bertz CT molecular complexity index is 1790. The molecule has 4 rings (SSSR count). The predicted molar refractivity (Wildman–Crippen MR) is 219 cm³/mol. The molecule has 8 N–H and O–H groups in total. The van der Waals surface area contributed by atoms with E-state index in [-0.39, 0.29) is 32.4 Å². The number of urea groups is 1. The topological polar surface area (TPSA) is 275 Å². The Hall–Kier alpha value is -5.60. The molecule has 0 bridgehead atoms. The third-order valence-corrected chi connectivity index (χ3v) is 9.72. The van der Waals surface area contributed by atoms with Crippen molar-refractivity contribution in [2.45, 2.75) is 135 Å². The number of alkyl carbamates (subject to hydrolysis) is 1. The maximum atomic E-state index is 13.9. The van der Waals surface area contributed by atoms with Crippen LogP contribution >= 0.6 is 0 Å². The van der Waals surface area contributed by atoms with Crippen LogP contribution in [0.4, 0.5) is 15.3 Å². The van der Waals surface area contributed by atoms with Crippen molar-refractivity contribution in [1.29, 1.82) is 0 Å². The number of nitrogens with one attached hydrogen (secondary N) is 6. The van der Waals surface area contributed by atoms with E-state index in [1.54, 1.807) is 72.7 Å². The van der Waals surface area contributed by atoms with Crippen molar-refractivity contribution < 1.29 is 57.3 Å². The molecule has 2 saturated heterocycles. The van der Waals surface area contributed by atoms with Gasteiger partial charge in [-0.15, -0.1) is 0 Å². The first kappa shape index (κ1) is 48.1. The minimum Gasteiger partial charge on any atom is -0.444 e. The zero-order valence-corrected chi connectivity index (χ0v) is 35.8. The van der Waals surface area contributed by atoms with Crippen LogP contribution in [0.2, 0.25) is 0 Å². The van der Waals surface area contributed by atoms with Gasteiger partial charge in [-0.2, -0.15) is 0 Å². The number of amides is 9. The molecule has 2 fully saturated rings. The van der Waals surface area contributed by atoms with Crippen LogP contribution in [0.25, 0.3) is 0 Å². The number of anilines is 1. The van der Waals surface area contributed by atoms with E-state index >= 15 is 0 Å². The van der Waals surface area contributed by atoms with Crippen LogP contribution in [0.1, 0.15) is 86.1 Å². The summed E-state index contributed by atoms with van der Waals surface area (Å²) in [7, 11) is 0. The van der Waals surface area contributed by atoms with Crippen LogP contribution in [-0.2, 0) is 54.1 Å². The van der Waals surface area contributed by atoms with E-state index in [1.807, 2.05) is 0 Å². The quantitative estimate of drug-likeness (QED) is 0.0721. The molecular weight excluding hydrogens is 796 g/mol. The number of hydrogen-bond acceptors (Lipinski definition) is 12. The van der Waals surface area contributed by atoms with E-state index in [1.165, 1.54) is 12.2 Å². The first-order valence-electron chi connectivity index (χ1n) is 20.5. The van der Waals surface area contributed by atoms with E-state index in [4.69, 9.17) is 24.7 Å². The number of rotatable bonds is 20. The Morgan fingerprint density at radius 2 is 1.56 bits per heavy atom. The molecule has 20 heteroatoms. The number of ether oxygens (including phenoxy) is 4. The lowest BCUT2D eigenvalue weighted by molar-refractivity contribution is -0.208. The summed E-state index contributed by atoms with van der Waals surface area (Å²) in [5.41, 5.74) is 5.91. The second-order valence-electron chi connectivity index (χ2n) is 16.8. The highest BCUT2D eigenvalue weighted by atomic mass is 16.8. The number of unbranched alkanes of at least 4 members (excludes halogenated alkanes) is 1. The Kier molecular flexibility index (Phi) is 16.8. The van der Waals surface area contributed by atoms with Crippen molar-refractivity contribution in [3.8, 4) is 0 Å². The second-order valence-corrected chi connectivity index (χ2v) is 16.8. The first-order chi connectivity index (χ1) is 28.6. The highest BCUT2D eigenvalue weighted by Crippen LogP contribution is 2.37. The van der Waals surface area contributed by atoms with E-state index in [2.05, 4.69) is 31.9 Å². The van der Waals surface area contributed by atoms with Crippen molar-refractivity contribution in [1.82, 2.24) is 31.5 Å². The second kappa shape index (κ2) is 21.3. The molecule has 0 saturated carbocycles. The average Bonchev–Trinajstić information content (AvgIpc) is 3.77. The SMILES string of the molecule is CC(C)[C@@H](NC(=O)[C@H]1O[C@@H]2OC(C)(C)O[C@@H]2[C@@H]1NC(=O)CCCCN1C(=O)C=CC1=O)C(=O)NC(CCCNC(N)=O)C(=O)Nc1ccc(CCNC(=O)OC(C)(C)C)cc1. The molecule has 9 amide bonds. The third kappa shape index (κ3) is 14.8. The number of nitrogens with two attached hydrogens (primary N) is 1. The summed E-state index contributed by atoms with van der Waals surface area (Å²) in [6.45, 7) is 12.7. The van der Waals surface area contributed by atoms with Gasteiger partial charge >= 0.3 is 12.1 Å². The Morgan fingerprint density at radius 3 is 2.18 bits per heavy atom. The lowest BCUT2D eigenvalue weighted by Crippen LogP contribution is -2.59. The van der Waals surface area contributed by atoms with Gasteiger partial charge < -0.3 is 56.6 Å². The van der Waals surface area contributed by atoms with Gasteiger partial charge in [-0.3, -0.25) is 33.7 Å². The summed E-state index contributed by atoms with van der Waals surface area (Å²) >= 11 is 0. The molecular formula is C41H60N8O12. The normalized spacial score (nSPS) is 21.3. The zero-order valence-electron chi connectivity index (χ0n) is 35.8. The number of imide groups is 1. The number of benzene rings is 1. The first-order valence-corrected chi connectivity index (χ1v) is 20.5. The Balaban J connectivity index is 1.38. The minimum absolute atomic E-state index is 0.0169. The molecule has 1 aromatic carbocycles. The van der Waals surface area contributed by atoms with Gasteiger partial charge in [0, 0.05) is 43.9 Å². The van der Waals surface area contributed by atoms with Gasteiger partial charge in [0.2, 0.25) is 17.7 Å². The molecule has 0 radical (unpaired) electrons. The van der Waals surface area contributed by atoms with Crippen LogP contribution in [0.3, 0.4) is 0 Å². The highest BCUT2D eigenvalue weighted by molar-refractivity contribution is 6.12. The van der Waals surface area contributed by atoms with Gasteiger partial charge in [-0.05, 0) is 90.3 Å². The smallest absolute Gasteiger partial charge is 0.407 e. The third-order valence-electron chi connectivity index (χ3n) is 9.72. The fourth-order valence-corrected chi connectivity index (χ4v) is 6.78. The predicted octanol–water partition coefficient (Wildman–Crippen LogP) is 1.22. The van der Waals surface area contributed by atoms with Gasteiger partial charge in [0.15, 0.2) is 18.2 Å². The van der Waals surface area contributed by atoms with Crippen molar-refractivity contribution >= 4 is 53.3 Å².